The molecular weight excluding hydrogens is 136 g/mol. The average molecular weight is 154 g/mol. The van der Waals surface area contributed by atoms with Crippen LogP contribution in [0.4, 0.5) is 0 Å². The molecule has 64 valence electrons. The Morgan fingerprint density at radius 2 is 2.00 bits per heavy atom. The molecule has 0 aromatic heterocycles. The van der Waals surface area contributed by atoms with Gasteiger partial charge in [-0.2, -0.15) is 0 Å². The van der Waals surface area contributed by atoms with E-state index in [1.165, 1.54) is 32.1 Å². The predicted molar refractivity (Wildman–Crippen MR) is 45.5 cm³/mol. The van der Waals surface area contributed by atoms with E-state index in [-0.39, 0.29) is 0 Å². The maximum absolute atomic E-state index is 5.79. The molecule has 2 aliphatic rings. The van der Waals surface area contributed by atoms with Gasteiger partial charge in [-0.05, 0) is 51.4 Å². The Kier molecular flexibility index (Phi) is 1.71. The van der Waals surface area contributed by atoms with Crippen molar-refractivity contribution in [2.75, 3.05) is 0 Å². The molecule has 1 spiro atoms. The number of hydrogen-bond donors (Lipinski definition) is 0. The van der Waals surface area contributed by atoms with E-state index in [0.29, 0.717) is 12.2 Å². The van der Waals surface area contributed by atoms with Crippen molar-refractivity contribution in [3.63, 3.8) is 0 Å². The van der Waals surface area contributed by atoms with Crippen LogP contribution in [0.25, 0.3) is 0 Å². The van der Waals surface area contributed by atoms with Crippen LogP contribution >= 0.6 is 0 Å². The maximum Gasteiger partial charge on any atom is 0.0584 e. The molecule has 1 heteroatoms. The summed E-state index contributed by atoms with van der Waals surface area (Å²) in [7, 11) is 0. The molecule has 1 unspecified atom stereocenters. The summed E-state index contributed by atoms with van der Waals surface area (Å²) >= 11 is 0. The van der Waals surface area contributed by atoms with Gasteiger partial charge in [0.05, 0.1) is 12.2 Å². The molecule has 2 rings (SSSR count). The van der Waals surface area contributed by atoms with Gasteiger partial charge in [0, 0.05) is 0 Å². The van der Waals surface area contributed by atoms with Gasteiger partial charge in [-0.25, -0.2) is 0 Å². The molecule has 0 radical (unpaired) electrons. The predicted octanol–water partition coefficient (Wildman–Crippen LogP) is 2.74. The van der Waals surface area contributed by atoms with E-state index in [1.54, 1.807) is 0 Å². The van der Waals surface area contributed by atoms with E-state index in [4.69, 9.17) is 4.74 Å². The molecule has 0 aromatic carbocycles. The van der Waals surface area contributed by atoms with Gasteiger partial charge in [0.1, 0.15) is 0 Å². The van der Waals surface area contributed by atoms with E-state index < -0.39 is 0 Å². The molecule has 2 saturated carbocycles. The summed E-state index contributed by atoms with van der Waals surface area (Å²) in [6.07, 6.45) is 8.08. The molecular formula is C10H18O. The normalized spacial score (nSPS) is 33.5. The average Bonchev–Trinajstić information content (AvgIpc) is 2.51. The van der Waals surface area contributed by atoms with E-state index in [0.717, 1.165) is 5.41 Å². The molecule has 0 aromatic rings. The molecule has 0 heterocycles. The van der Waals surface area contributed by atoms with Gasteiger partial charge in [-0.3, -0.25) is 0 Å². The molecule has 0 aliphatic heterocycles. The lowest BCUT2D eigenvalue weighted by Crippen LogP contribution is -2.14. The summed E-state index contributed by atoms with van der Waals surface area (Å²) in [6.45, 7) is 4.27. The van der Waals surface area contributed by atoms with Gasteiger partial charge < -0.3 is 4.74 Å². The minimum Gasteiger partial charge on any atom is -0.376 e. The van der Waals surface area contributed by atoms with Crippen LogP contribution in [0.3, 0.4) is 0 Å². The Morgan fingerprint density at radius 3 is 2.45 bits per heavy atom. The van der Waals surface area contributed by atoms with Crippen LogP contribution in [0.5, 0.6) is 0 Å². The van der Waals surface area contributed by atoms with Crippen molar-refractivity contribution in [3.05, 3.63) is 0 Å². The Balaban J connectivity index is 1.80. The second-order valence-corrected chi connectivity index (χ2v) is 4.55. The van der Waals surface area contributed by atoms with Crippen LogP contribution in [0.1, 0.15) is 46.0 Å². The van der Waals surface area contributed by atoms with Crippen molar-refractivity contribution in [1.29, 1.82) is 0 Å². The van der Waals surface area contributed by atoms with Gasteiger partial charge in [0.2, 0.25) is 0 Å². The van der Waals surface area contributed by atoms with Gasteiger partial charge in [-0.15, -0.1) is 0 Å². The molecule has 0 N–H and O–H groups in total. The summed E-state index contributed by atoms with van der Waals surface area (Å²) in [5.74, 6) is 0. The van der Waals surface area contributed by atoms with Gasteiger partial charge >= 0.3 is 0 Å². The van der Waals surface area contributed by atoms with Crippen molar-refractivity contribution >= 4 is 0 Å². The van der Waals surface area contributed by atoms with Crippen LogP contribution < -0.4 is 0 Å². The third kappa shape index (κ3) is 1.58. The van der Waals surface area contributed by atoms with Crippen LogP contribution in [-0.2, 0) is 4.74 Å². The highest BCUT2D eigenvalue weighted by molar-refractivity contribution is 4.99. The van der Waals surface area contributed by atoms with E-state index in [9.17, 15) is 0 Å². The highest BCUT2D eigenvalue weighted by Gasteiger charge is 2.48. The highest BCUT2D eigenvalue weighted by Crippen LogP contribution is 2.58. The first-order chi connectivity index (χ1) is 5.20. The number of hydrogen-bond acceptors (Lipinski definition) is 1. The Labute approximate surface area is 69.1 Å². The fourth-order valence-electron chi connectivity index (χ4n) is 2.29. The monoisotopic (exact) mass is 154 g/mol. The van der Waals surface area contributed by atoms with Crippen molar-refractivity contribution in [2.45, 2.75) is 58.2 Å². The summed E-state index contributed by atoms with van der Waals surface area (Å²) in [4.78, 5) is 0. The smallest absolute Gasteiger partial charge is 0.0584 e. The van der Waals surface area contributed by atoms with Crippen molar-refractivity contribution in [2.24, 2.45) is 5.41 Å². The molecule has 0 amide bonds. The maximum atomic E-state index is 5.79. The summed E-state index contributed by atoms with van der Waals surface area (Å²) < 4.78 is 5.79. The summed E-state index contributed by atoms with van der Waals surface area (Å²) in [6, 6.07) is 0. The zero-order valence-electron chi connectivity index (χ0n) is 7.60. The van der Waals surface area contributed by atoms with Crippen LogP contribution in [0.15, 0.2) is 0 Å². The number of rotatable bonds is 2. The van der Waals surface area contributed by atoms with E-state index >= 15 is 0 Å². The quantitative estimate of drug-likeness (QED) is 0.594. The largest absolute Gasteiger partial charge is 0.376 e. The molecule has 1 atom stereocenters. The minimum absolute atomic E-state index is 0.425. The topological polar surface area (TPSA) is 9.23 Å². The van der Waals surface area contributed by atoms with Gasteiger partial charge in [0.15, 0.2) is 0 Å². The first-order valence-electron chi connectivity index (χ1n) is 4.86. The molecule has 2 aliphatic carbocycles. The highest BCUT2D eigenvalue weighted by atomic mass is 16.5. The first kappa shape index (κ1) is 7.60. The lowest BCUT2D eigenvalue weighted by molar-refractivity contribution is 0.00959. The van der Waals surface area contributed by atoms with Crippen molar-refractivity contribution in [1.82, 2.24) is 0 Å². The lowest BCUT2D eigenvalue weighted by Gasteiger charge is -2.14. The summed E-state index contributed by atoms with van der Waals surface area (Å²) in [5, 5.41) is 0. The second kappa shape index (κ2) is 2.48. The molecule has 0 bridgehead atoms. The molecule has 2 fully saturated rings. The fraction of sp³-hybridized carbons (Fsp3) is 1.00. The van der Waals surface area contributed by atoms with Crippen molar-refractivity contribution < 1.29 is 4.74 Å². The Bertz CT molecular complexity index is 147. The fourth-order valence-corrected chi connectivity index (χ4v) is 2.29. The third-order valence-electron chi connectivity index (χ3n) is 3.08. The molecule has 11 heavy (non-hydrogen) atoms. The summed E-state index contributed by atoms with van der Waals surface area (Å²) in [5.41, 5.74) is 0.777. The zero-order valence-corrected chi connectivity index (χ0v) is 7.60. The standard InChI is InChI=1S/C10H18O/c1-8(2)11-9-3-4-10(7-9)5-6-10/h8-9H,3-7H2,1-2H3. The minimum atomic E-state index is 0.425. The Morgan fingerprint density at radius 1 is 1.27 bits per heavy atom. The number of ether oxygens (including phenoxy) is 1. The lowest BCUT2D eigenvalue weighted by atomic mass is 10.1. The van der Waals surface area contributed by atoms with E-state index in [2.05, 4.69) is 13.8 Å². The van der Waals surface area contributed by atoms with Gasteiger partial charge in [0.25, 0.3) is 0 Å². The van der Waals surface area contributed by atoms with Crippen LogP contribution in [0.2, 0.25) is 0 Å². The van der Waals surface area contributed by atoms with Crippen LogP contribution in [0, 0.1) is 5.41 Å². The van der Waals surface area contributed by atoms with Crippen LogP contribution in [-0.4, -0.2) is 12.2 Å². The first-order valence-corrected chi connectivity index (χ1v) is 4.86. The van der Waals surface area contributed by atoms with E-state index in [1.807, 2.05) is 0 Å². The van der Waals surface area contributed by atoms with Crippen molar-refractivity contribution in [3.8, 4) is 0 Å². The van der Waals surface area contributed by atoms with Gasteiger partial charge in [-0.1, -0.05) is 0 Å². The third-order valence-corrected chi connectivity index (χ3v) is 3.08. The second-order valence-electron chi connectivity index (χ2n) is 4.55. The zero-order chi connectivity index (χ0) is 7.90. The Hall–Kier alpha value is -0.0400. The molecule has 0 saturated heterocycles. The molecule has 1 nitrogen and oxygen atoms in total. The SMILES string of the molecule is CC(C)OC1CCC2(CC2)C1.